The van der Waals surface area contributed by atoms with E-state index >= 15 is 0 Å². The van der Waals surface area contributed by atoms with Gasteiger partial charge in [0.1, 0.15) is 33.8 Å². The van der Waals surface area contributed by atoms with Gasteiger partial charge in [0.15, 0.2) is 17.2 Å². The highest BCUT2D eigenvalue weighted by Crippen LogP contribution is 2.44. The molecule has 0 saturated carbocycles. The summed E-state index contributed by atoms with van der Waals surface area (Å²) in [6.45, 7) is 8.41. The maximum Gasteiger partial charge on any atom is 0.280 e. The molecular weight excluding hydrogens is 1590 g/mol. The quantitative estimate of drug-likeness (QED) is 0.0493. The monoisotopic (exact) mass is 1680 g/mol. The van der Waals surface area contributed by atoms with Gasteiger partial charge in [-0.1, -0.05) is 122 Å². The Kier molecular flexibility index (Phi) is 26.4. The number of fused-ring (bicyclic) bond motifs is 3. The van der Waals surface area contributed by atoms with E-state index in [1.54, 1.807) is 36.4 Å². The van der Waals surface area contributed by atoms with Gasteiger partial charge in [0.05, 0.1) is 117 Å². The zero-order chi connectivity index (χ0) is 77.7. The number of hydrogen-bond acceptors (Lipinski definition) is 25. The van der Waals surface area contributed by atoms with Crippen LogP contribution in [0.1, 0.15) is 87.5 Å². The molecule has 0 fully saturated rings. The van der Waals surface area contributed by atoms with E-state index < -0.39 is 77.7 Å². The summed E-state index contributed by atoms with van der Waals surface area (Å²) < 4.78 is 132. The van der Waals surface area contributed by atoms with Crippen molar-refractivity contribution < 1.29 is 57.4 Å². The highest BCUT2D eigenvalue weighted by molar-refractivity contribution is 7.95. The molecule has 6 N–H and O–H groups in total. The summed E-state index contributed by atoms with van der Waals surface area (Å²) in [5.74, 6) is -0.940. The number of sulfone groups is 3. The maximum atomic E-state index is 13.7. The molecule has 27 nitrogen and oxygen atoms in total. The van der Waals surface area contributed by atoms with Crippen LogP contribution in [0.5, 0.6) is 17.2 Å². The van der Waals surface area contributed by atoms with E-state index in [0.29, 0.717) is 39.2 Å². The predicted molar refractivity (Wildman–Crippen MR) is 450 cm³/mol. The fraction of sp³-hybridized carbons (Fsp3) is 0.221. The minimum absolute atomic E-state index is 0. The minimum Gasteiger partial charge on any atom is -0.505 e. The second-order valence-electron chi connectivity index (χ2n) is 25.5. The number of aromatic hydroxyl groups is 3. The van der Waals surface area contributed by atoms with Crippen molar-refractivity contribution in [2.24, 2.45) is 5.92 Å². The van der Waals surface area contributed by atoms with Crippen molar-refractivity contribution in [2.45, 2.75) is 98.1 Å². The third-order valence-electron chi connectivity index (χ3n) is 17.3. The lowest BCUT2D eigenvalue weighted by atomic mass is 10.1. The lowest BCUT2D eigenvalue weighted by molar-refractivity contribution is 0.443. The molecule has 0 bridgehead atoms. The fourth-order valence-corrected chi connectivity index (χ4v) is 18.9. The number of nitrogens with one attached hydrogen (secondary N) is 3. The largest absolute Gasteiger partial charge is 0.505 e. The number of benzene rings is 5. The van der Waals surface area contributed by atoms with Gasteiger partial charge in [-0.3, -0.25) is 23.0 Å². The highest BCUT2D eigenvalue weighted by Gasteiger charge is 2.35. The van der Waals surface area contributed by atoms with Crippen LogP contribution in [0.25, 0.3) is 48.8 Å². The Morgan fingerprint density at radius 2 is 0.812 bits per heavy atom. The molecule has 3 aliphatic rings. The Morgan fingerprint density at radius 3 is 1.18 bits per heavy atom. The zero-order valence-corrected chi connectivity index (χ0v) is 65.3. The standard InChI is InChI=1S/C26H24N4O6S3.C24H19N3O4S2.C23H26N4O6S3.4CH4/c1-16-9-12-21(37-16)24-25(31)23(26(32)30(28-24)14-17-7-5-4-6-8-17)20-15-39(35,36)22-13-18(10-11-19(22)27-20)29(2)38(3,33)34;1-15-11-12-19(32-15)22-23(28)21(24(29)27(26-22)13-16-7-3-2-4-8-16)18-14-33(30,31)20-10-6-5-9-17(20)25-18;1-14(2)9-10-27-23(29)20(22(28)21(25-27)18-6-5-11-34-18)17-13-36(32,33)19-12-15(7-8-16(19)24-17)26(3)35(4,30)31;;;;/h4-13,15,27,31H,14H2,1-3H3;2-12,14,25,28H,13H2,1H3;5-8,11-14,24,28H,9-10H2,1-4H3;4*1H4. The van der Waals surface area contributed by atoms with E-state index in [4.69, 9.17) is 0 Å². The number of sulfonamides is 2. The van der Waals surface area contributed by atoms with Crippen molar-refractivity contribution in [3.8, 4) is 49.0 Å². The van der Waals surface area contributed by atoms with Crippen LogP contribution in [0.3, 0.4) is 0 Å². The summed E-state index contributed by atoms with van der Waals surface area (Å²) in [7, 11) is -16.7. The van der Waals surface area contributed by atoms with Gasteiger partial charge in [0.25, 0.3) is 16.7 Å². The zero-order valence-electron chi connectivity index (χ0n) is 58.7. The Hall–Kier alpha value is -10.8. The third kappa shape index (κ3) is 18.2. The summed E-state index contributed by atoms with van der Waals surface area (Å²) in [4.78, 5) is 44.2. The fourth-order valence-electron chi connectivity index (χ4n) is 11.5. The number of rotatable bonds is 17. The Morgan fingerprint density at radius 1 is 0.455 bits per heavy atom. The van der Waals surface area contributed by atoms with Crippen LogP contribution in [0.2, 0.25) is 0 Å². The smallest absolute Gasteiger partial charge is 0.280 e. The number of nitrogens with zero attached hydrogens (tertiary/aromatic N) is 8. The van der Waals surface area contributed by atoms with Crippen LogP contribution < -0.4 is 41.2 Å². The van der Waals surface area contributed by atoms with Gasteiger partial charge in [-0.25, -0.2) is 56.1 Å². The van der Waals surface area contributed by atoms with Crippen LogP contribution in [0.15, 0.2) is 208 Å². The van der Waals surface area contributed by atoms with E-state index in [1.165, 1.54) is 105 Å². The van der Waals surface area contributed by atoms with Gasteiger partial charge in [0, 0.05) is 30.4 Å². The average Bonchev–Trinajstić information content (AvgIpc) is 0.884. The molecule has 112 heavy (non-hydrogen) atoms. The molecule has 0 radical (unpaired) electrons. The second kappa shape index (κ2) is 34.0. The third-order valence-corrected chi connectivity index (χ3v) is 27.1. The number of aromatic nitrogens is 6. The molecule has 3 aliphatic heterocycles. The number of aryl methyl sites for hydroxylation is 3. The van der Waals surface area contributed by atoms with Crippen LogP contribution in [-0.2, 0) is 69.2 Å². The van der Waals surface area contributed by atoms with Crippen molar-refractivity contribution in [3.05, 3.63) is 248 Å². The van der Waals surface area contributed by atoms with Crippen molar-refractivity contribution in [1.82, 2.24) is 29.3 Å². The summed E-state index contributed by atoms with van der Waals surface area (Å²) >= 11 is 4.13. The molecule has 6 aromatic heterocycles. The predicted octanol–water partition coefficient (Wildman–Crippen LogP) is 13.7. The lowest BCUT2D eigenvalue weighted by Crippen LogP contribution is -2.29. The highest BCUT2D eigenvalue weighted by atomic mass is 32.2. The normalized spacial score (nSPS) is 13.9. The lowest BCUT2D eigenvalue weighted by Gasteiger charge is -2.23. The molecule has 0 saturated heterocycles. The van der Waals surface area contributed by atoms with Gasteiger partial charge in [-0.2, -0.15) is 15.3 Å². The van der Waals surface area contributed by atoms with Crippen LogP contribution in [-0.4, -0.2) is 113 Å². The minimum atomic E-state index is -4.14. The molecule has 592 valence electrons. The van der Waals surface area contributed by atoms with E-state index in [1.807, 2.05) is 112 Å². The number of anilines is 5. The van der Waals surface area contributed by atoms with E-state index in [-0.39, 0.29) is 137 Å². The Labute approximate surface area is 663 Å². The van der Waals surface area contributed by atoms with E-state index in [9.17, 15) is 71.8 Å². The summed E-state index contributed by atoms with van der Waals surface area (Å²) in [5.41, 5.74) is 0.460. The maximum absolute atomic E-state index is 13.7. The van der Waals surface area contributed by atoms with Gasteiger partial charge in [-0.05, 0) is 122 Å². The molecule has 35 heteroatoms. The Bertz CT molecular complexity index is 6310. The van der Waals surface area contributed by atoms with Crippen molar-refractivity contribution in [2.75, 3.05) is 51.2 Å². The first kappa shape index (κ1) is 86.8. The number of thiophene rings is 3. The van der Waals surface area contributed by atoms with Crippen molar-refractivity contribution in [3.63, 3.8) is 0 Å². The van der Waals surface area contributed by atoms with Gasteiger partial charge in [0.2, 0.25) is 49.6 Å². The topological polar surface area (TPSA) is 379 Å². The van der Waals surface area contributed by atoms with Crippen molar-refractivity contribution in [1.29, 1.82) is 0 Å². The van der Waals surface area contributed by atoms with E-state index in [0.717, 1.165) is 58.2 Å². The molecule has 0 amide bonds. The molecule has 5 aromatic carbocycles. The SMILES string of the molecule is C.C.C.C.CC(C)CCn1nc(-c2cccs2)c(O)c(C2=CS(=O)(=O)c3cc(N(C)S(C)(=O)=O)ccc3N2)c1=O.Cc1ccc(-c2nn(Cc3ccccc3)c(=O)c(C3=CS(=O)(=O)c4cc(N(C)S(C)(=O)=O)ccc4N3)c2O)s1.Cc1ccc(-c2nn(Cc3ccccc3)c(=O)c(C3=CS(=O)(=O)c4ccccc4N3)c2O)s1. The van der Waals surface area contributed by atoms with Gasteiger partial charge in [-0.15, -0.1) is 34.0 Å². The second-order valence-corrected chi connectivity index (χ2v) is 38.4. The van der Waals surface area contributed by atoms with E-state index in [2.05, 4.69) is 31.2 Å². The summed E-state index contributed by atoms with van der Waals surface area (Å²) in [5, 5.41) is 60.2. The van der Waals surface area contributed by atoms with Crippen LogP contribution in [0, 0.1) is 19.8 Å². The molecule has 0 atom stereocenters. The first-order valence-corrected chi connectivity index (χ1v) is 43.6. The molecule has 14 rings (SSSR count). The first-order chi connectivity index (χ1) is 51.0. The van der Waals surface area contributed by atoms with Crippen LogP contribution >= 0.6 is 34.0 Å². The summed E-state index contributed by atoms with van der Waals surface area (Å²) in [6, 6.07) is 44.1. The van der Waals surface area contributed by atoms with Gasteiger partial charge < -0.3 is 31.3 Å². The number of hydrogen-bond donors (Lipinski definition) is 6. The molecule has 11 aromatic rings. The number of para-hydroxylation sites is 1. The van der Waals surface area contributed by atoms with Gasteiger partial charge >= 0.3 is 0 Å². The molecule has 0 spiro atoms. The molecular formula is C77H85N11O16S8. The summed E-state index contributed by atoms with van der Waals surface area (Å²) in [6.07, 6.45) is 2.68. The average molecular weight is 1680 g/mol. The first-order valence-electron chi connectivity index (χ1n) is 32.7. The Balaban J connectivity index is 0.000000208. The molecule has 0 aliphatic carbocycles. The molecule has 0 unspecified atom stereocenters. The van der Waals surface area contributed by atoms with Crippen LogP contribution in [0.4, 0.5) is 28.4 Å². The molecule has 9 heterocycles. The van der Waals surface area contributed by atoms with Crippen molar-refractivity contribution >= 4 is 129 Å².